The van der Waals surface area contributed by atoms with Gasteiger partial charge >= 0.3 is 5.97 Å². The van der Waals surface area contributed by atoms with E-state index in [1.54, 1.807) is 14.2 Å². The first-order valence-corrected chi connectivity index (χ1v) is 9.05. The predicted molar refractivity (Wildman–Crippen MR) is 99.7 cm³/mol. The fourth-order valence-corrected chi connectivity index (χ4v) is 3.33. The third-order valence-electron chi connectivity index (χ3n) is 3.93. The first-order chi connectivity index (χ1) is 12.6. The van der Waals surface area contributed by atoms with E-state index in [0.29, 0.717) is 17.9 Å². The van der Waals surface area contributed by atoms with Crippen LogP contribution in [0.2, 0.25) is 0 Å². The van der Waals surface area contributed by atoms with Crippen LogP contribution in [0.3, 0.4) is 0 Å². The molecule has 0 fully saturated rings. The molecule has 1 amide bonds. The van der Waals surface area contributed by atoms with Crippen LogP contribution in [0.4, 0.5) is 0 Å². The van der Waals surface area contributed by atoms with Gasteiger partial charge in [-0.05, 0) is 41.6 Å². The number of hydrogen-bond donors (Lipinski definition) is 1. The molecule has 140 valence electrons. The molecule has 0 aliphatic rings. The predicted octanol–water partition coefficient (Wildman–Crippen LogP) is 3.12. The van der Waals surface area contributed by atoms with Gasteiger partial charge in [0, 0.05) is 11.3 Å². The lowest BCUT2D eigenvalue weighted by atomic mass is 10.1. The summed E-state index contributed by atoms with van der Waals surface area (Å²) in [4.78, 5) is 25.0. The van der Waals surface area contributed by atoms with Gasteiger partial charge in [-0.2, -0.15) is 0 Å². The number of benzene rings is 1. The van der Waals surface area contributed by atoms with Crippen LogP contribution < -0.4 is 14.8 Å². The van der Waals surface area contributed by atoms with Crippen LogP contribution in [-0.4, -0.2) is 33.2 Å². The summed E-state index contributed by atoms with van der Waals surface area (Å²) in [6.45, 7) is 0. The van der Waals surface area contributed by atoms with E-state index in [2.05, 4.69) is 5.32 Å². The van der Waals surface area contributed by atoms with Crippen LogP contribution in [0, 0.1) is 0 Å². The zero-order valence-corrected chi connectivity index (χ0v) is 15.9. The van der Waals surface area contributed by atoms with Crippen molar-refractivity contribution in [3.8, 4) is 11.5 Å². The molecule has 1 aromatic heterocycles. The second-order valence-corrected chi connectivity index (χ2v) is 6.57. The topological polar surface area (TPSA) is 73.9 Å². The first kappa shape index (κ1) is 19.8. The fraction of sp³-hybridized carbons (Fsp3) is 0.368. The molecule has 26 heavy (non-hydrogen) atoms. The number of carbonyl (C=O) groups excluding carboxylic acids is 2. The van der Waals surface area contributed by atoms with Gasteiger partial charge in [0.2, 0.25) is 5.91 Å². The minimum absolute atomic E-state index is 0.102. The van der Waals surface area contributed by atoms with Crippen molar-refractivity contribution in [1.29, 1.82) is 0 Å². The Morgan fingerprint density at radius 2 is 1.96 bits per heavy atom. The molecule has 1 heterocycles. The highest BCUT2D eigenvalue weighted by atomic mass is 32.1. The van der Waals surface area contributed by atoms with Crippen molar-refractivity contribution in [2.45, 2.75) is 25.3 Å². The largest absolute Gasteiger partial charge is 0.497 e. The number of aryl methyl sites for hydroxylation is 1. The van der Waals surface area contributed by atoms with Crippen LogP contribution in [0.1, 0.15) is 29.3 Å². The Morgan fingerprint density at radius 1 is 1.15 bits per heavy atom. The molecular formula is C19H23NO5S. The minimum Gasteiger partial charge on any atom is -0.497 e. The Bertz CT molecular complexity index is 730. The second-order valence-electron chi connectivity index (χ2n) is 5.59. The van der Waals surface area contributed by atoms with E-state index in [-0.39, 0.29) is 30.8 Å². The lowest BCUT2D eigenvalue weighted by molar-refractivity contribution is -0.141. The summed E-state index contributed by atoms with van der Waals surface area (Å²) >= 11 is 1.49. The summed E-state index contributed by atoms with van der Waals surface area (Å²) in [6, 6.07) is 8.88. The number of amides is 1. The lowest BCUT2D eigenvalue weighted by Crippen LogP contribution is -2.30. The summed E-state index contributed by atoms with van der Waals surface area (Å²) in [5.74, 6) is 0.918. The van der Waals surface area contributed by atoms with Gasteiger partial charge in [-0.1, -0.05) is 6.07 Å². The van der Waals surface area contributed by atoms with E-state index in [1.165, 1.54) is 18.4 Å². The average Bonchev–Trinajstić information content (AvgIpc) is 3.20. The summed E-state index contributed by atoms with van der Waals surface area (Å²) in [5, 5.41) is 4.83. The number of hydrogen-bond acceptors (Lipinski definition) is 6. The van der Waals surface area contributed by atoms with E-state index in [0.717, 1.165) is 10.4 Å². The van der Waals surface area contributed by atoms with Crippen molar-refractivity contribution in [2.24, 2.45) is 0 Å². The van der Waals surface area contributed by atoms with E-state index < -0.39 is 0 Å². The smallest absolute Gasteiger partial charge is 0.307 e. The summed E-state index contributed by atoms with van der Waals surface area (Å²) in [6.07, 6.45) is 0.874. The number of thiophene rings is 1. The van der Waals surface area contributed by atoms with Gasteiger partial charge in [-0.25, -0.2) is 0 Å². The average molecular weight is 377 g/mol. The molecule has 0 aliphatic heterocycles. The zero-order chi connectivity index (χ0) is 18.9. The van der Waals surface area contributed by atoms with Crippen LogP contribution in [0.15, 0.2) is 35.7 Å². The van der Waals surface area contributed by atoms with E-state index >= 15 is 0 Å². The first-order valence-electron chi connectivity index (χ1n) is 8.17. The maximum absolute atomic E-state index is 12.4. The molecule has 0 radical (unpaired) electrons. The molecule has 1 aromatic carbocycles. The molecule has 0 unspecified atom stereocenters. The highest BCUT2D eigenvalue weighted by molar-refractivity contribution is 7.10. The summed E-state index contributed by atoms with van der Waals surface area (Å²) in [7, 11) is 4.52. The number of ether oxygens (including phenoxy) is 3. The molecule has 2 aromatic rings. The number of rotatable bonds is 9. The Balaban J connectivity index is 2.01. The molecule has 7 heteroatoms. The molecule has 1 N–H and O–H groups in total. The van der Waals surface area contributed by atoms with Crippen LogP contribution in [-0.2, 0) is 20.7 Å². The number of nitrogens with one attached hydrogen (secondary N) is 1. The zero-order valence-electron chi connectivity index (χ0n) is 15.1. The Labute approximate surface area is 157 Å². The summed E-state index contributed by atoms with van der Waals surface area (Å²) in [5.41, 5.74) is 0.891. The molecule has 1 atom stereocenters. The number of methoxy groups -OCH3 is 3. The summed E-state index contributed by atoms with van der Waals surface area (Å²) < 4.78 is 15.3. The molecule has 0 saturated carbocycles. The fourth-order valence-electron chi connectivity index (χ4n) is 2.55. The van der Waals surface area contributed by atoms with Gasteiger partial charge < -0.3 is 19.5 Å². The molecule has 0 bridgehead atoms. The van der Waals surface area contributed by atoms with Gasteiger partial charge in [0.15, 0.2) is 0 Å². The van der Waals surface area contributed by atoms with E-state index in [1.807, 2.05) is 35.7 Å². The van der Waals surface area contributed by atoms with Crippen molar-refractivity contribution >= 4 is 23.2 Å². The third kappa shape index (κ3) is 5.49. The van der Waals surface area contributed by atoms with Crippen molar-refractivity contribution in [1.82, 2.24) is 5.32 Å². The highest BCUT2D eigenvalue weighted by Gasteiger charge is 2.20. The van der Waals surface area contributed by atoms with E-state index in [4.69, 9.17) is 14.2 Å². The van der Waals surface area contributed by atoms with Crippen LogP contribution in [0.25, 0.3) is 0 Å². The number of carbonyl (C=O) groups is 2. The van der Waals surface area contributed by atoms with Gasteiger partial charge in [0.05, 0.1) is 33.8 Å². The Kier molecular flexibility index (Phi) is 7.47. The van der Waals surface area contributed by atoms with Gasteiger partial charge in [-0.3, -0.25) is 9.59 Å². The van der Waals surface area contributed by atoms with Crippen molar-refractivity contribution in [3.05, 3.63) is 46.2 Å². The molecular weight excluding hydrogens is 354 g/mol. The van der Waals surface area contributed by atoms with Gasteiger partial charge in [0.1, 0.15) is 11.5 Å². The standard InChI is InChI=1S/C19H23NO5S/c1-23-14-7-8-16(24-2)13(11-14)6-9-18(21)20-15(12-19(22)25-3)17-5-4-10-26-17/h4-5,7-8,10-11,15H,6,9,12H2,1-3H3,(H,20,21)/t15-/m1/s1. The molecule has 2 rings (SSSR count). The van der Waals surface area contributed by atoms with Crippen molar-refractivity contribution < 1.29 is 23.8 Å². The monoisotopic (exact) mass is 377 g/mol. The maximum atomic E-state index is 12.4. The Hall–Kier alpha value is -2.54. The normalized spacial score (nSPS) is 11.5. The quantitative estimate of drug-likeness (QED) is 0.680. The van der Waals surface area contributed by atoms with Gasteiger partial charge in [0.25, 0.3) is 0 Å². The molecule has 0 aliphatic carbocycles. The van der Waals surface area contributed by atoms with Crippen LogP contribution >= 0.6 is 11.3 Å². The second kappa shape index (κ2) is 9.82. The number of esters is 1. The van der Waals surface area contributed by atoms with Crippen molar-refractivity contribution in [2.75, 3.05) is 21.3 Å². The molecule has 0 saturated heterocycles. The third-order valence-corrected chi connectivity index (χ3v) is 4.92. The van der Waals surface area contributed by atoms with Crippen LogP contribution in [0.5, 0.6) is 11.5 Å². The Morgan fingerprint density at radius 3 is 2.58 bits per heavy atom. The minimum atomic E-state index is -0.387. The molecule has 6 nitrogen and oxygen atoms in total. The lowest BCUT2D eigenvalue weighted by Gasteiger charge is -2.17. The highest BCUT2D eigenvalue weighted by Crippen LogP contribution is 2.26. The van der Waals surface area contributed by atoms with Crippen molar-refractivity contribution in [3.63, 3.8) is 0 Å². The maximum Gasteiger partial charge on any atom is 0.307 e. The SMILES string of the molecule is COC(=O)C[C@@H](NC(=O)CCc1cc(OC)ccc1OC)c1cccs1. The van der Waals surface area contributed by atoms with E-state index in [9.17, 15) is 9.59 Å². The molecule has 0 spiro atoms. The van der Waals surface area contributed by atoms with Gasteiger partial charge in [-0.15, -0.1) is 11.3 Å².